The van der Waals surface area contributed by atoms with Crippen LogP contribution in [-0.4, -0.2) is 50.3 Å². The smallest absolute Gasteiger partial charge is 0.126 e. The van der Waals surface area contributed by atoms with E-state index in [0.717, 1.165) is 36.5 Å². The van der Waals surface area contributed by atoms with Gasteiger partial charge in [0, 0.05) is 37.4 Å². The summed E-state index contributed by atoms with van der Waals surface area (Å²) in [6.07, 6.45) is 1.83. The minimum Gasteiger partial charge on any atom is -0.383 e. The predicted molar refractivity (Wildman–Crippen MR) is 74.5 cm³/mol. The van der Waals surface area contributed by atoms with Gasteiger partial charge in [-0.1, -0.05) is 0 Å². The highest BCUT2D eigenvalue weighted by atomic mass is 79.9. The summed E-state index contributed by atoms with van der Waals surface area (Å²) in [5.74, 6) is 0.922. The van der Waals surface area contributed by atoms with Crippen molar-refractivity contribution in [2.24, 2.45) is 0 Å². The van der Waals surface area contributed by atoms with Gasteiger partial charge < -0.3 is 15.0 Å². The second-order valence-corrected chi connectivity index (χ2v) is 4.90. The lowest BCUT2D eigenvalue weighted by molar-refractivity contribution is 0.163. The molecule has 0 unspecified atom stereocenters. The van der Waals surface area contributed by atoms with Crippen molar-refractivity contribution >= 4 is 21.7 Å². The van der Waals surface area contributed by atoms with Crippen LogP contribution in [-0.2, 0) is 4.74 Å². The molecule has 0 spiro atoms. The maximum Gasteiger partial charge on any atom is 0.126 e. The third-order valence-electron chi connectivity index (χ3n) is 2.52. The minimum atomic E-state index is 0.770. The first-order valence-corrected chi connectivity index (χ1v) is 6.46. The molecule has 17 heavy (non-hydrogen) atoms. The summed E-state index contributed by atoms with van der Waals surface area (Å²) in [6, 6.07) is 2.04. The van der Waals surface area contributed by atoms with E-state index in [4.69, 9.17) is 4.74 Å². The van der Waals surface area contributed by atoms with Gasteiger partial charge in [0.1, 0.15) is 5.82 Å². The third kappa shape index (κ3) is 5.48. The Morgan fingerprint density at radius 3 is 2.88 bits per heavy atom. The lowest BCUT2D eigenvalue weighted by atomic mass is 10.3. The molecule has 1 N–H and O–H groups in total. The van der Waals surface area contributed by atoms with Crippen molar-refractivity contribution in [1.29, 1.82) is 0 Å². The highest BCUT2D eigenvalue weighted by molar-refractivity contribution is 9.10. The molecular weight excluding hydrogens is 282 g/mol. The van der Waals surface area contributed by atoms with Crippen molar-refractivity contribution in [2.75, 3.05) is 45.7 Å². The number of rotatable bonds is 7. The van der Waals surface area contributed by atoms with Gasteiger partial charge in [0.15, 0.2) is 0 Å². The molecule has 1 heterocycles. The number of methoxy groups -OCH3 is 1. The molecule has 0 atom stereocenters. The van der Waals surface area contributed by atoms with E-state index in [-0.39, 0.29) is 0 Å². The van der Waals surface area contributed by atoms with Crippen molar-refractivity contribution < 1.29 is 4.74 Å². The molecule has 96 valence electrons. The molecule has 0 bridgehead atoms. The van der Waals surface area contributed by atoms with E-state index in [1.54, 1.807) is 7.11 Å². The van der Waals surface area contributed by atoms with Crippen LogP contribution in [0.5, 0.6) is 0 Å². The van der Waals surface area contributed by atoms with Crippen molar-refractivity contribution in [2.45, 2.75) is 6.92 Å². The van der Waals surface area contributed by atoms with Crippen molar-refractivity contribution in [3.05, 3.63) is 22.3 Å². The summed E-state index contributed by atoms with van der Waals surface area (Å²) in [7, 11) is 3.81. The standard InChI is InChI=1S/C12H20BrN3O/c1-10-8-12(15-9-11(10)13)14-4-5-16(2)6-7-17-3/h8-9H,4-7H2,1-3H3,(H,14,15). The number of hydrogen-bond donors (Lipinski definition) is 1. The van der Waals surface area contributed by atoms with E-state index in [0.29, 0.717) is 0 Å². The van der Waals surface area contributed by atoms with E-state index in [1.165, 1.54) is 5.56 Å². The first-order valence-electron chi connectivity index (χ1n) is 5.67. The van der Waals surface area contributed by atoms with E-state index in [1.807, 2.05) is 12.3 Å². The molecule has 0 fully saturated rings. The SMILES string of the molecule is COCCN(C)CCNc1cc(C)c(Br)cn1. The number of likely N-dealkylation sites (N-methyl/N-ethyl adjacent to an activating group) is 1. The largest absolute Gasteiger partial charge is 0.383 e. The lowest BCUT2D eigenvalue weighted by Crippen LogP contribution is -2.28. The lowest BCUT2D eigenvalue weighted by Gasteiger charge is -2.16. The first-order chi connectivity index (χ1) is 8.13. The summed E-state index contributed by atoms with van der Waals surface area (Å²) in [6.45, 7) is 5.63. The van der Waals surface area contributed by atoms with Gasteiger partial charge >= 0.3 is 0 Å². The number of nitrogens with one attached hydrogen (secondary N) is 1. The van der Waals surface area contributed by atoms with Crippen molar-refractivity contribution in [3.8, 4) is 0 Å². The van der Waals surface area contributed by atoms with Crippen LogP contribution in [0, 0.1) is 6.92 Å². The monoisotopic (exact) mass is 301 g/mol. The number of nitrogens with zero attached hydrogens (tertiary/aromatic N) is 2. The molecule has 0 amide bonds. The van der Waals surface area contributed by atoms with Gasteiger partial charge in [0.25, 0.3) is 0 Å². The van der Waals surface area contributed by atoms with Crippen molar-refractivity contribution in [1.82, 2.24) is 9.88 Å². The number of pyridine rings is 1. The first kappa shape index (κ1) is 14.4. The van der Waals surface area contributed by atoms with Crippen molar-refractivity contribution in [3.63, 3.8) is 0 Å². The Morgan fingerprint density at radius 2 is 2.24 bits per heavy atom. The Kier molecular flexibility index (Phi) is 6.47. The van der Waals surface area contributed by atoms with Crippen LogP contribution in [0.15, 0.2) is 16.7 Å². The number of hydrogen-bond acceptors (Lipinski definition) is 4. The second kappa shape index (κ2) is 7.63. The molecule has 0 saturated heterocycles. The topological polar surface area (TPSA) is 37.4 Å². The van der Waals surface area contributed by atoms with Crippen LogP contribution in [0.3, 0.4) is 0 Å². The fourth-order valence-corrected chi connectivity index (χ4v) is 1.59. The molecule has 1 rings (SSSR count). The normalized spacial score (nSPS) is 10.9. The van der Waals surface area contributed by atoms with Gasteiger partial charge in [0.2, 0.25) is 0 Å². The summed E-state index contributed by atoms with van der Waals surface area (Å²) in [5.41, 5.74) is 1.19. The quantitative estimate of drug-likeness (QED) is 0.837. The summed E-state index contributed by atoms with van der Waals surface area (Å²) >= 11 is 3.44. The molecule has 4 nitrogen and oxygen atoms in total. The molecule has 1 aromatic rings. The van der Waals surface area contributed by atoms with Crippen LogP contribution >= 0.6 is 15.9 Å². The third-order valence-corrected chi connectivity index (χ3v) is 3.35. The molecule has 0 aromatic carbocycles. The fraction of sp³-hybridized carbons (Fsp3) is 0.583. The Hall–Kier alpha value is -0.650. The number of aromatic nitrogens is 1. The predicted octanol–water partition coefficient (Wildman–Crippen LogP) is 2.14. The Morgan fingerprint density at radius 1 is 1.47 bits per heavy atom. The molecular formula is C12H20BrN3O. The molecule has 0 aliphatic carbocycles. The summed E-state index contributed by atoms with van der Waals surface area (Å²) in [4.78, 5) is 6.52. The number of halogens is 1. The molecule has 0 aliphatic heterocycles. The molecule has 0 radical (unpaired) electrons. The zero-order valence-electron chi connectivity index (χ0n) is 10.7. The van der Waals surface area contributed by atoms with E-state index >= 15 is 0 Å². The second-order valence-electron chi connectivity index (χ2n) is 4.04. The number of ether oxygens (including phenoxy) is 1. The average molecular weight is 302 g/mol. The van der Waals surface area contributed by atoms with E-state index in [9.17, 15) is 0 Å². The Bertz CT molecular complexity index is 347. The summed E-state index contributed by atoms with van der Waals surface area (Å²) < 4.78 is 6.07. The number of anilines is 1. The fourth-order valence-electron chi connectivity index (χ4n) is 1.37. The van der Waals surface area contributed by atoms with E-state index in [2.05, 4.69) is 45.1 Å². The molecule has 0 aliphatic rings. The highest BCUT2D eigenvalue weighted by Crippen LogP contribution is 2.16. The maximum atomic E-state index is 5.03. The van der Waals surface area contributed by atoms with Crippen LogP contribution in [0.4, 0.5) is 5.82 Å². The van der Waals surface area contributed by atoms with Gasteiger partial charge in [-0.15, -0.1) is 0 Å². The van der Waals surface area contributed by atoms with Gasteiger partial charge in [-0.25, -0.2) is 4.98 Å². The summed E-state index contributed by atoms with van der Waals surface area (Å²) in [5, 5.41) is 3.31. The van der Waals surface area contributed by atoms with Crippen LogP contribution < -0.4 is 5.32 Å². The zero-order valence-corrected chi connectivity index (χ0v) is 12.2. The van der Waals surface area contributed by atoms with Gasteiger partial charge in [0.05, 0.1) is 6.61 Å². The van der Waals surface area contributed by atoms with Gasteiger partial charge in [-0.2, -0.15) is 0 Å². The van der Waals surface area contributed by atoms with Crippen LogP contribution in [0.2, 0.25) is 0 Å². The van der Waals surface area contributed by atoms with Gasteiger partial charge in [-0.3, -0.25) is 0 Å². The van der Waals surface area contributed by atoms with Crippen LogP contribution in [0.25, 0.3) is 0 Å². The Labute approximate surface area is 111 Å². The molecule has 0 saturated carbocycles. The van der Waals surface area contributed by atoms with Gasteiger partial charge in [-0.05, 0) is 41.5 Å². The minimum absolute atomic E-state index is 0.770. The average Bonchev–Trinajstić information content (AvgIpc) is 2.31. The van der Waals surface area contributed by atoms with Crippen LogP contribution in [0.1, 0.15) is 5.56 Å². The zero-order chi connectivity index (χ0) is 12.7. The molecule has 5 heteroatoms. The maximum absolute atomic E-state index is 5.03. The molecule has 1 aromatic heterocycles. The Balaban J connectivity index is 2.28. The number of aryl methyl sites for hydroxylation is 1. The highest BCUT2D eigenvalue weighted by Gasteiger charge is 2.00. The van der Waals surface area contributed by atoms with E-state index < -0.39 is 0 Å².